The minimum atomic E-state index is -0.173. The lowest BCUT2D eigenvalue weighted by Crippen LogP contribution is -2.19. The zero-order valence-electron chi connectivity index (χ0n) is 8.83. The summed E-state index contributed by atoms with van der Waals surface area (Å²) in [6, 6.07) is 7.78. The van der Waals surface area contributed by atoms with Crippen LogP contribution >= 0.6 is 15.9 Å². The van der Waals surface area contributed by atoms with Crippen LogP contribution in [0, 0.1) is 6.92 Å². The van der Waals surface area contributed by atoms with Crippen LogP contribution in [0.3, 0.4) is 0 Å². The molecule has 0 spiro atoms. The summed E-state index contributed by atoms with van der Waals surface area (Å²) in [5, 5.41) is 2.95. The van der Waals surface area contributed by atoms with E-state index in [4.69, 9.17) is 5.73 Å². The highest BCUT2D eigenvalue weighted by atomic mass is 79.9. The van der Waals surface area contributed by atoms with Crippen molar-refractivity contribution in [2.45, 2.75) is 13.5 Å². The molecule has 0 amide bonds. The maximum absolute atomic E-state index is 11.7. The van der Waals surface area contributed by atoms with Crippen LogP contribution in [0.15, 0.2) is 33.5 Å². The maximum atomic E-state index is 11.7. The summed E-state index contributed by atoms with van der Waals surface area (Å²) in [7, 11) is 0. The van der Waals surface area contributed by atoms with Crippen molar-refractivity contribution >= 4 is 21.6 Å². The van der Waals surface area contributed by atoms with Crippen LogP contribution in [-0.4, -0.2) is 9.78 Å². The molecule has 1 aromatic carbocycles. The summed E-state index contributed by atoms with van der Waals surface area (Å²) in [6.07, 6.45) is 0. The van der Waals surface area contributed by atoms with Gasteiger partial charge in [0.05, 0.1) is 12.2 Å². The molecular formula is C11H12BrN3O. The van der Waals surface area contributed by atoms with E-state index in [1.54, 1.807) is 6.92 Å². The van der Waals surface area contributed by atoms with Crippen LogP contribution < -0.4 is 11.3 Å². The summed E-state index contributed by atoms with van der Waals surface area (Å²) >= 11 is 3.44. The number of aromatic nitrogens is 2. The van der Waals surface area contributed by atoms with Crippen molar-refractivity contribution in [2.24, 2.45) is 0 Å². The van der Waals surface area contributed by atoms with Gasteiger partial charge in [0.2, 0.25) is 0 Å². The summed E-state index contributed by atoms with van der Waals surface area (Å²) < 4.78 is 2.48. The smallest absolute Gasteiger partial charge is 0.290 e. The van der Waals surface area contributed by atoms with Crippen molar-refractivity contribution in [1.29, 1.82) is 0 Å². The Hall–Kier alpha value is -1.49. The number of aryl methyl sites for hydroxylation is 1. The third-order valence-corrected chi connectivity index (χ3v) is 3.24. The van der Waals surface area contributed by atoms with Crippen LogP contribution in [0.25, 0.3) is 0 Å². The molecule has 0 bridgehead atoms. The molecule has 0 aliphatic rings. The molecule has 0 aliphatic carbocycles. The third kappa shape index (κ3) is 1.90. The Morgan fingerprint density at radius 3 is 2.69 bits per heavy atom. The lowest BCUT2D eigenvalue weighted by molar-refractivity contribution is 0.656. The number of nitrogens with one attached hydrogen (secondary N) is 1. The zero-order chi connectivity index (χ0) is 11.7. The largest absolute Gasteiger partial charge is 0.393 e. The van der Waals surface area contributed by atoms with Crippen LogP contribution in [0.2, 0.25) is 0 Å². The van der Waals surface area contributed by atoms with Gasteiger partial charge in [0.1, 0.15) is 5.69 Å². The first kappa shape index (κ1) is 11.0. The van der Waals surface area contributed by atoms with E-state index in [0.29, 0.717) is 12.2 Å². The zero-order valence-corrected chi connectivity index (χ0v) is 10.4. The van der Waals surface area contributed by atoms with Crippen molar-refractivity contribution in [2.75, 3.05) is 5.73 Å². The summed E-state index contributed by atoms with van der Waals surface area (Å²) in [5.41, 5.74) is 7.47. The highest BCUT2D eigenvalue weighted by molar-refractivity contribution is 9.10. The number of anilines is 1. The average molecular weight is 282 g/mol. The molecule has 2 rings (SSSR count). The lowest BCUT2D eigenvalue weighted by Gasteiger charge is -2.04. The van der Waals surface area contributed by atoms with Gasteiger partial charge in [0.25, 0.3) is 5.56 Å². The normalized spacial score (nSPS) is 10.6. The van der Waals surface area contributed by atoms with E-state index in [2.05, 4.69) is 21.0 Å². The van der Waals surface area contributed by atoms with Gasteiger partial charge >= 0.3 is 0 Å². The monoisotopic (exact) mass is 281 g/mol. The molecule has 0 atom stereocenters. The van der Waals surface area contributed by atoms with Crippen LogP contribution in [-0.2, 0) is 6.54 Å². The fourth-order valence-corrected chi connectivity index (χ4v) is 1.94. The first-order valence-electron chi connectivity index (χ1n) is 4.88. The minimum Gasteiger partial charge on any atom is -0.393 e. The van der Waals surface area contributed by atoms with Gasteiger partial charge < -0.3 is 5.73 Å². The molecular weight excluding hydrogens is 270 g/mol. The fourth-order valence-electron chi connectivity index (χ4n) is 1.53. The van der Waals surface area contributed by atoms with Gasteiger partial charge in [-0.15, -0.1) is 0 Å². The molecule has 3 N–H and O–H groups in total. The number of benzene rings is 1. The first-order chi connectivity index (χ1) is 7.59. The van der Waals surface area contributed by atoms with Crippen LogP contribution in [0.5, 0.6) is 0 Å². The number of rotatable bonds is 2. The summed E-state index contributed by atoms with van der Waals surface area (Å²) in [4.78, 5) is 11.7. The molecule has 84 valence electrons. The second-order valence-electron chi connectivity index (χ2n) is 3.63. The van der Waals surface area contributed by atoms with E-state index in [1.165, 1.54) is 4.68 Å². The molecule has 1 heterocycles. The molecule has 0 fully saturated rings. The molecule has 0 radical (unpaired) electrons. The van der Waals surface area contributed by atoms with E-state index in [0.717, 1.165) is 10.0 Å². The van der Waals surface area contributed by atoms with E-state index in [9.17, 15) is 4.79 Å². The Morgan fingerprint density at radius 1 is 1.44 bits per heavy atom. The van der Waals surface area contributed by atoms with Crippen molar-refractivity contribution in [3.63, 3.8) is 0 Å². The molecule has 1 aromatic heterocycles. The van der Waals surface area contributed by atoms with Crippen molar-refractivity contribution < 1.29 is 0 Å². The van der Waals surface area contributed by atoms with E-state index in [-0.39, 0.29) is 11.2 Å². The van der Waals surface area contributed by atoms with Crippen LogP contribution in [0.4, 0.5) is 5.69 Å². The fraction of sp³-hybridized carbons (Fsp3) is 0.182. The Morgan fingerprint density at radius 2 is 2.12 bits per heavy atom. The number of hydrogen-bond acceptors (Lipinski definition) is 2. The molecule has 2 aromatic rings. The molecule has 0 unspecified atom stereocenters. The number of H-pyrrole nitrogens is 1. The first-order valence-corrected chi connectivity index (χ1v) is 5.67. The van der Waals surface area contributed by atoms with E-state index in [1.807, 2.05) is 24.3 Å². The molecule has 0 saturated heterocycles. The molecule has 0 saturated carbocycles. The van der Waals surface area contributed by atoms with Gasteiger partial charge in [-0.25, -0.2) is 4.68 Å². The van der Waals surface area contributed by atoms with Crippen molar-refractivity contribution in [1.82, 2.24) is 9.78 Å². The minimum absolute atomic E-state index is 0.173. The number of hydrogen-bond donors (Lipinski definition) is 2. The Labute approximate surface area is 101 Å². The van der Waals surface area contributed by atoms with Crippen LogP contribution in [0.1, 0.15) is 11.3 Å². The number of nitrogen functional groups attached to an aromatic ring is 1. The topological polar surface area (TPSA) is 63.8 Å². The molecule has 5 heteroatoms. The second-order valence-corrected chi connectivity index (χ2v) is 4.49. The number of nitrogens with zero attached hydrogens (tertiary/aromatic N) is 1. The van der Waals surface area contributed by atoms with Gasteiger partial charge in [0, 0.05) is 4.47 Å². The Kier molecular flexibility index (Phi) is 2.87. The molecule has 4 nitrogen and oxygen atoms in total. The number of aromatic amines is 1. The Bertz CT molecular complexity index is 571. The van der Waals surface area contributed by atoms with Gasteiger partial charge in [0.15, 0.2) is 0 Å². The number of halogens is 1. The van der Waals surface area contributed by atoms with Gasteiger partial charge in [-0.1, -0.05) is 34.1 Å². The second kappa shape index (κ2) is 4.17. The van der Waals surface area contributed by atoms with E-state index < -0.39 is 0 Å². The Balaban J connectivity index is 2.38. The predicted octanol–water partition coefficient (Wildman–Crippen LogP) is 1.88. The number of nitrogens with two attached hydrogens (primary N) is 1. The standard InChI is InChI=1S/C11H12BrN3O/c1-7-10(13)11(16)15(14-7)6-8-4-2-3-5-9(8)12/h2-5,14H,6,13H2,1H3. The summed E-state index contributed by atoms with van der Waals surface area (Å²) in [6.45, 7) is 2.27. The van der Waals surface area contributed by atoms with E-state index >= 15 is 0 Å². The van der Waals surface area contributed by atoms with Gasteiger partial charge in [-0.2, -0.15) is 0 Å². The third-order valence-electron chi connectivity index (χ3n) is 2.47. The van der Waals surface area contributed by atoms with Gasteiger partial charge in [-0.3, -0.25) is 9.89 Å². The van der Waals surface area contributed by atoms with Crippen molar-refractivity contribution in [3.05, 3.63) is 50.3 Å². The quantitative estimate of drug-likeness (QED) is 0.883. The van der Waals surface area contributed by atoms with Gasteiger partial charge in [-0.05, 0) is 18.6 Å². The lowest BCUT2D eigenvalue weighted by atomic mass is 10.2. The molecule has 0 aliphatic heterocycles. The maximum Gasteiger partial charge on any atom is 0.290 e. The highest BCUT2D eigenvalue weighted by Crippen LogP contribution is 2.16. The van der Waals surface area contributed by atoms with Crippen molar-refractivity contribution in [3.8, 4) is 0 Å². The summed E-state index contributed by atoms with van der Waals surface area (Å²) in [5.74, 6) is 0. The predicted molar refractivity (Wildman–Crippen MR) is 67.4 cm³/mol. The highest BCUT2D eigenvalue weighted by Gasteiger charge is 2.08. The molecule has 16 heavy (non-hydrogen) atoms. The SMILES string of the molecule is Cc1[nH]n(Cc2ccccc2Br)c(=O)c1N. The average Bonchev–Trinajstić information content (AvgIpc) is 2.50.